The highest BCUT2D eigenvalue weighted by Crippen LogP contribution is 2.35. The summed E-state index contributed by atoms with van der Waals surface area (Å²) in [4.78, 5) is 12.9. The highest BCUT2D eigenvalue weighted by Gasteiger charge is 2.29. The molecule has 0 aliphatic heterocycles. The van der Waals surface area contributed by atoms with Crippen LogP contribution in [0.4, 0.5) is 5.69 Å². The standard InChI is InChI=1S/C26H29N3O7S/c1-18-6-10-21(11-7-18)37(31,32)29(22-12-9-20(33-2)15-24(22)35-4)17-26(30)28-27-16-19-8-13-23(34-3)25(14-19)36-5/h6-16H,17H2,1-5H3,(H,28,30)/b27-16-. The first-order valence-electron chi connectivity index (χ1n) is 11.1. The second kappa shape index (κ2) is 12.1. The van der Waals surface area contributed by atoms with Crippen molar-refractivity contribution < 1.29 is 32.2 Å². The molecule has 0 unspecified atom stereocenters. The SMILES string of the molecule is COc1ccc(N(CC(=O)N/N=C\c2ccc(OC)c(OC)c2)S(=O)(=O)c2ccc(C)cc2)c(OC)c1. The molecule has 0 spiro atoms. The van der Waals surface area contributed by atoms with Crippen molar-refractivity contribution in [3.8, 4) is 23.0 Å². The van der Waals surface area contributed by atoms with E-state index in [0.29, 0.717) is 22.8 Å². The third-order valence-corrected chi connectivity index (χ3v) is 7.14. The van der Waals surface area contributed by atoms with Gasteiger partial charge in [0.25, 0.3) is 15.9 Å². The first-order valence-corrected chi connectivity index (χ1v) is 12.5. The molecule has 10 nitrogen and oxygen atoms in total. The van der Waals surface area contributed by atoms with Crippen LogP contribution in [0.3, 0.4) is 0 Å². The van der Waals surface area contributed by atoms with Crippen LogP contribution >= 0.6 is 0 Å². The number of anilines is 1. The van der Waals surface area contributed by atoms with Crippen molar-refractivity contribution in [2.24, 2.45) is 5.10 Å². The summed E-state index contributed by atoms with van der Waals surface area (Å²) in [5.74, 6) is 1.08. The summed E-state index contributed by atoms with van der Waals surface area (Å²) >= 11 is 0. The number of ether oxygens (including phenoxy) is 4. The Bertz CT molecular complexity index is 1370. The van der Waals surface area contributed by atoms with E-state index in [1.807, 2.05) is 6.92 Å². The molecule has 196 valence electrons. The van der Waals surface area contributed by atoms with E-state index in [1.165, 1.54) is 52.9 Å². The lowest BCUT2D eigenvalue weighted by atomic mass is 10.2. The molecule has 0 fully saturated rings. The maximum Gasteiger partial charge on any atom is 0.264 e. The number of rotatable bonds is 11. The van der Waals surface area contributed by atoms with Gasteiger partial charge in [-0.3, -0.25) is 9.10 Å². The number of sulfonamides is 1. The number of hydrazone groups is 1. The molecule has 0 saturated carbocycles. The lowest BCUT2D eigenvalue weighted by Gasteiger charge is -2.25. The predicted octanol–water partition coefficient (Wildman–Crippen LogP) is 3.38. The fourth-order valence-electron chi connectivity index (χ4n) is 3.41. The summed E-state index contributed by atoms with van der Waals surface area (Å²) < 4.78 is 49.3. The number of hydrogen-bond acceptors (Lipinski definition) is 8. The zero-order valence-corrected chi connectivity index (χ0v) is 22.0. The largest absolute Gasteiger partial charge is 0.497 e. The Balaban J connectivity index is 1.90. The molecular formula is C26H29N3O7S. The fraction of sp³-hybridized carbons (Fsp3) is 0.231. The molecule has 1 amide bonds. The number of aryl methyl sites for hydroxylation is 1. The molecule has 37 heavy (non-hydrogen) atoms. The number of methoxy groups -OCH3 is 4. The van der Waals surface area contributed by atoms with Gasteiger partial charge >= 0.3 is 0 Å². The number of nitrogens with one attached hydrogen (secondary N) is 1. The summed E-state index contributed by atoms with van der Waals surface area (Å²) in [5.41, 5.74) is 4.08. The van der Waals surface area contributed by atoms with Crippen LogP contribution in [0.15, 0.2) is 70.7 Å². The van der Waals surface area contributed by atoms with Crippen LogP contribution in [-0.4, -0.2) is 55.5 Å². The monoisotopic (exact) mass is 527 g/mol. The minimum atomic E-state index is -4.14. The first-order chi connectivity index (χ1) is 17.7. The summed E-state index contributed by atoms with van der Waals surface area (Å²) in [6.45, 7) is 1.30. The molecule has 0 atom stereocenters. The molecule has 0 heterocycles. The van der Waals surface area contributed by atoms with Crippen LogP contribution in [0.5, 0.6) is 23.0 Å². The van der Waals surface area contributed by atoms with Gasteiger partial charge in [0.2, 0.25) is 0 Å². The van der Waals surface area contributed by atoms with E-state index in [4.69, 9.17) is 18.9 Å². The van der Waals surface area contributed by atoms with Crippen LogP contribution in [0.25, 0.3) is 0 Å². The smallest absolute Gasteiger partial charge is 0.264 e. The Hall–Kier alpha value is -4.25. The average molecular weight is 528 g/mol. The van der Waals surface area contributed by atoms with Crippen molar-refractivity contribution in [2.45, 2.75) is 11.8 Å². The molecule has 0 bridgehead atoms. The number of hydrogen-bond donors (Lipinski definition) is 1. The van der Waals surface area contributed by atoms with Gasteiger partial charge in [-0.2, -0.15) is 5.10 Å². The number of carbonyl (C=O) groups is 1. The van der Waals surface area contributed by atoms with Gasteiger partial charge in [0.15, 0.2) is 11.5 Å². The highest BCUT2D eigenvalue weighted by atomic mass is 32.2. The first kappa shape index (κ1) is 27.3. The van der Waals surface area contributed by atoms with Crippen LogP contribution < -0.4 is 28.7 Å². The van der Waals surface area contributed by atoms with E-state index >= 15 is 0 Å². The lowest BCUT2D eigenvalue weighted by molar-refractivity contribution is -0.119. The van der Waals surface area contributed by atoms with Crippen LogP contribution in [-0.2, 0) is 14.8 Å². The minimum absolute atomic E-state index is 0.0256. The Morgan fingerprint density at radius 3 is 2.16 bits per heavy atom. The average Bonchev–Trinajstić information content (AvgIpc) is 2.91. The molecule has 3 aromatic rings. The van der Waals surface area contributed by atoms with E-state index < -0.39 is 22.5 Å². The summed E-state index contributed by atoms with van der Waals surface area (Å²) in [6.07, 6.45) is 1.41. The van der Waals surface area contributed by atoms with Crippen molar-refractivity contribution in [3.63, 3.8) is 0 Å². The van der Waals surface area contributed by atoms with Crippen LogP contribution in [0.1, 0.15) is 11.1 Å². The Kier molecular flexibility index (Phi) is 8.96. The highest BCUT2D eigenvalue weighted by molar-refractivity contribution is 7.92. The lowest BCUT2D eigenvalue weighted by Crippen LogP contribution is -2.39. The molecule has 0 aliphatic rings. The van der Waals surface area contributed by atoms with Crippen molar-refractivity contribution in [2.75, 3.05) is 39.3 Å². The molecule has 1 N–H and O–H groups in total. The van der Waals surface area contributed by atoms with E-state index in [9.17, 15) is 13.2 Å². The second-order valence-electron chi connectivity index (χ2n) is 7.77. The number of nitrogens with zero attached hydrogens (tertiary/aromatic N) is 2. The topological polar surface area (TPSA) is 116 Å². The Morgan fingerprint density at radius 2 is 1.54 bits per heavy atom. The van der Waals surface area contributed by atoms with Gasteiger partial charge in [-0.25, -0.2) is 13.8 Å². The molecule has 3 rings (SSSR count). The molecule has 3 aromatic carbocycles. The van der Waals surface area contributed by atoms with Crippen molar-refractivity contribution in [1.29, 1.82) is 0 Å². The summed E-state index contributed by atoms with van der Waals surface area (Å²) in [5, 5.41) is 3.96. The van der Waals surface area contributed by atoms with Gasteiger partial charge in [-0.15, -0.1) is 0 Å². The van der Waals surface area contributed by atoms with Crippen LogP contribution in [0, 0.1) is 6.92 Å². The van der Waals surface area contributed by atoms with Gasteiger partial charge in [0, 0.05) is 6.07 Å². The van der Waals surface area contributed by atoms with E-state index in [1.54, 1.807) is 42.5 Å². The fourth-order valence-corrected chi connectivity index (χ4v) is 4.84. The molecule has 0 aliphatic carbocycles. The van der Waals surface area contributed by atoms with Crippen molar-refractivity contribution in [3.05, 3.63) is 71.8 Å². The normalized spacial score (nSPS) is 11.2. The molecule has 0 aromatic heterocycles. The van der Waals surface area contributed by atoms with Gasteiger partial charge < -0.3 is 18.9 Å². The molecular weight excluding hydrogens is 498 g/mol. The minimum Gasteiger partial charge on any atom is -0.497 e. The summed E-state index contributed by atoms with van der Waals surface area (Å²) in [6, 6.07) is 16.1. The van der Waals surface area contributed by atoms with Crippen molar-refractivity contribution >= 4 is 27.8 Å². The van der Waals surface area contributed by atoms with Gasteiger partial charge in [0.05, 0.1) is 45.2 Å². The predicted molar refractivity (Wildman–Crippen MR) is 141 cm³/mol. The second-order valence-corrected chi connectivity index (χ2v) is 9.63. The summed E-state index contributed by atoms with van der Waals surface area (Å²) in [7, 11) is 1.79. The number of amides is 1. The van der Waals surface area contributed by atoms with Gasteiger partial charge in [0.1, 0.15) is 18.0 Å². The zero-order valence-electron chi connectivity index (χ0n) is 21.2. The molecule has 0 radical (unpaired) electrons. The van der Waals surface area contributed by atoms with Gasteiger partial charge in [-0.1, -0.05) is 17.7 Å². The third-order valence-electron chi connectivity index (χ3n) is 5.36. The molecule has 0 saturated heterocycles. The Morgan fingerprint density at radius 1 is 0.865 bits per heavy atom. The maximum absolute atomic E-state index is 13.6. The van der Waals surface area contributed by atoms with Crippen LogP contribution in [0.2, 0.25) is 0 Å². The zero-order chi connectivity index (χ0) is 27.0. The van der Waals surface area contributed by atoms with Gasteiger partial charge in [-0.05, 0) is 55.0 Å². The quantitative estimate of drug-likeness (QED) is 0.300. The number of benzene rings is 3. The van der Waals surface area contributed by atoms with Crippen molar-refractivity contribution in [1.82, 2.24) is 5.43 Å². The third kappa shape index (κ3) is 6.50. The van der Waals surface area contributed by atoms with E-state index in [2.05, 4.69) is 10.5 Å². The number of carbonyl (C=O) groups excluding carboxylic acids is 1. The van der Waals surface area contributed by atoms with E-state index in [0.717, 1.165) is 9.87 Å². The molecule has 11 heteroatoms. The Labute approximate surface area is 216 Å². The van der Waals surface area contributed by atoms with E-state index in [-0.39, 0.29) is 16.3 Å². The maximum atomic E-state index is 13.6.